The first-order chi connectivity index (χ1) is 17.4. The lowest BCUT2D eigenvalue weighted by Gasteiger charge is -2.36. The minimum Gasteiger partial charge on any atom is -0.368 e. The molecule has 1 saturated heterocycles. The molecule has 0 aliphatic carbocycles. The number of hydrogen-bond acceptors (Lipinski definition) is 6. The van der Waals surface area contributed by atoms with Crippen molar-refractivity contribution >= 4 is 40.4 Å². The zero-order valence-corrected chi connectivity index (χ0v) is 20.1. The SMILES string of the molecule is O=C(Cc1ccc(-n2c(=S)[nH]c3ccccc3c2=O)cc1)N1CCN(c2ccc([N+](=O)[O-])cc2)CC1. The maximum atomic E-state index is 13.0. The van der Waals surface area contributed by atoms with Crippen LogP contribution in [0, 0.1) is 14.9 Å². The highest BCUT2D eigenvalue weighted by Crippen LogP contribution is 2.21. The van der Waals surface area contributed by atoms with Crippen molar-refractivity contribution in [3.05, 3.63) is 104 Å². The van der Waals surface area contributed by atoms with Crippen LogP contribution >= 0.6 is 12.2 Å². The lowest BCUT2D eigenvalue weighted by atomic mass is 10.1. The number of carbonyl (C=O) groups excluding carboxylic acids is 1. The maximum Gasteiger partial charge on any atom is 0.269 e. The van der Waals surface area contributed by atoms with Crippen LogP contribution in [0.3, 0.4) is 0 Å². The largest absolute Gasteiger partial charge is 0.368 e. The molecule has 1 amide bonds. The average molecular weight is 502 g/mol. The van der Waals surface area contributed by atoms with Gasteiger partial charge in [-0.1, -0.05) is 24.3 Å². The molecule has 9 nitrogen and oxygen atoms in total. The fraction of sp³-hybridized carbons (Fsp3) is 0.192. The van der Waals surface area contributed by atoms with E-state index in [4.69, 9.17) is 12.2 Å². The van der Waals surface area contributed by atoms with Gasteiger partial charge in [0.2, 0.25) is 5.91 Å². The molecule has 0 atom stereocenters. The highest BCUT2D eigenvalue weighted by atomic mass is 32.1. The number of aromatic amines is 1. The number of H-pyrrole nitrogens is 1. The summed E-state index contributed by atoms with van der Waals surface area (Å²) in [4.78, 5) is 43.4. The molecule has 1 aliphatic heterocycles. The first kappa shape index (κ1) is 23.4. The van der Waals surface area contributed by atoms with E-state index in [1.54, 1.807) is 30.3 Å². The predicted octanol–water partition coefficient (Wildman–Crippen LogP) is 3.85. The molecule has 5 rings (SSSR count). The van der Waals surface area contributed by atoms with Crippen molar-refractivity contribution in [2.24, 2.45) is 0 Å². The second-order valence-corrected chi connectivity index (χ2v) is 8.99. The molecule has 36 heavy (non-hydrogen) atoms. The fourth-order valence-electron chi connectivity index (χ4n) is 4.45. The molecule has 1 aliphatic rings. The molecule has 10 heteroatoms. The Labute approximate surface area is 211 Å². The lowest BCUT2D eigenvalue weighted by molar-refractivity contribution is -0.384. The van der Waals surface area contributed by atoms with Gasteiger partial charge in [-0.05, 0) is 54.2 Å². The number of fused-ring (bicyclic) bond motifs is 1. The van der Waals surface area contributed by atoms with Gasteiger partial charge in [0.1, 0.15) is 0 Å². The van der Waals surface area contributed by atoms with E-state index in [1.807, 2.05) is 35.2 Å². The number of nitrogens with zero attached hydrogens (tertiary/aromatic N) is 4. The van der Waals surface area contributed by atoms with Crippen molar-refractivity contribution in [3.8, 4) is 5.69 Å². The normalized spacial score (nSPS) is 13.7. The van der Waals surface area contributed by atoms with Crippen LogP contribution in [-0.4, -0.2) is 51.5 Å². The molecular formula is C26H23N5O4S. The maximum absolute atomic E-state index is 13.0. The Morgan fingerprint density at radius 2 is 1.56 bits per heavy atom. The number of anilines is 1. The van der Waals surface area contributed by atoms with Crippen LogP contribution in [0.15, 0.2) is 77.6 Å². The zero-order valence-electron chi connectivity index (χ0n) is 19.3. The Balaban J connectivity index is 1.23. The monoisotopic (exact) mass is 501 g/mol. The molecule has 3 aromatic carbocycles. The second kappa shape index (κ2) is 9.74. The molecule has 2 heterocycles. The Kier molecular flexibility index (Phi) is 6.34. The van der Waals surface area contributed by atoms with E-state index >= 15 is 0 Å². The Morgan fingerprint density at radius 3 is 2.22 bits per heavy atom. The van der Waals surface area contributed by atoms with Gasteiger partial charge < -0.3 is 14.8 Å². The smallest absolute Gasteiger partial charge is 0.269 e. The highest BCUT2D eigenvalue weighted by Gasteiger charge is 2.22. The van der Waals surface area contributed by atoms with E-state index in [0.29, 0.717) is 47.5 Å². The standard InChI is InChI=1S/C26H23N5O4S/c32-24(29-15-13-28(14-16-29)19-9-11-21(12-10-19)31(34)35)17-18-5-7-20(8-6-18)30-25(33)22-3-1-2-4-23(22)27-26(30)36/h1-12H,13-17H2,(H,27,36). The van der Waals surface area contributed by atoms with Gasteiger partial charge in [0.25, 0.3) is 11.2 Å². The molecule has 4 aromatic rings. The summed E-state index contributed by atoms with van der Waals surface area (Å²) in [5, 5.41) is 11.4. The summed E-state index contributed by atoms with van der Waals surface area (Å²) in [6.07, 6.45) is 0.261. The van der Waals surface area contributed by atoms with Gasteiger partial charge in [-0.25, -0.2) is 0 Å². The van der Waals surface area contributed by atoms with Crippen LogP contribution in [0.5, 0.6) is 0 Å². The quantitative estimate of drug-likeness (QED) is 0.253. The van der Waals surface area contributed by atoms with Crippen LogP contribution in [-0.2, 0) is 11.2 Å². The van der Waals surface area contributed by atoms with Crippen molar-refractivity contribution < 1.29 is 9.72 Å². The molecular weight excluding hydrogens is 478 g/mol. The van der Waals surface area contributed by atoms with E-state index in [0.717, 1.165) is 11.3 Å². The molecule has 0 saturated carbocycles. The van der Waals surface area contributed by atoms with Crippen molar-refractivity contribution in [2.45, 2.75) is 6.42 Å². The number of nitrogens with one attached hydrogen (secondary N) is 1. The van der Waals surface area contributed by atoms with Crippen molar-refractivity contribution in [2.75, 3.05) is 31.1 Å². The minimum absolute atomic E-state index is 0.0336. The number of para-hydroxylation sites is 1. The van der Waals surface area contributed by atoms with Crippen molar-refractivity contribution in [3.63, 3.8) is 0 Å². The van der Waals surface area contributed by atoms with Crippen LogP contribution < -0.4 is 10.5 Å². The number of nitro groups is 1. The summed E-state index contributed by atoms with van der Waals surface area (Å²) in [5.41, 5.74) is 2.96. The molecule has 1 fully saturated rings. The van der Waals surface area contributed by atoms with Crippen molar-refractivity contribution in [1.29, 1.82) is 0 Å². The second-order valence-electron chi connectivity index (χ2n) is 8.60. The van der Waals surface area contributed by atoms with Gasteiger partial charge in [-0.2, -0.15) is 0 Å². The topological polar surface area (TPSA) is 104 Å². The van der Waals surface area contributed by atoms with Gasteiger partial charge >= 0.3 is 0 Å². The highest BCUT2D eigenvalue weighted by molar-refractivity contribution is 7.71. The number of nitro benzene ring substituents is 1. The molecule has 0 bridgehead atoms. The van der Waals surface area contributed by atoms with E-state index < -0.39 is 4.92 Å². The van der Waals surface area contributed by atoms with E-state index in [9.17, 15) is 19.7 Å². The molecule has 0 radical (unpaired) electrons. The Hall–Kier alpha value is -4.31. The van der Waals surface area contributed by atoms with Gasteiger partial charge in [0.05, 0.1) is 27.9 Å². The van der Waals surface area contributed by atoms with E-state index in [1.165, 1.54) is 16.7 Å². The Bertz CT molecular complexity index is 1550. The molecule has 1 N–H and O–H groups in total. The summed E-state index contributed by atoms with van der Waals surface area (Å²) < 4.78 is 1.77. The number of non-ortho nitro benzene ring substituents is 1. The third kappa shape index (κ3) is 4.63. The number of rotatable bonds is 5. The molecule has 1 aromatic heterocycles. The average Bonchev–Trinajstić information content (AvgIpc) is 2.90. The number of amides is 1. The number of benzene rings is 3. The third-order valence-electron chi connectivity index (χ3n) is 6.41. The lowest BCUT2D eigenvalue weighted by Crippen LogP contribution is -2.49. The minimum atomic E-state index is -0.415. The molecule has 0 unspecified atom stereocenters. The molecule has 0 spiro atoms. The summed E-state index contributed by atoms with van der Waals surface area (Å²) in [5.74, 6) is 0.0336. The van der Waals surface area contributed by atoms with Gasteiger partial charge in [-0.15, -0.1) is 0 Å². The number of hydrogen-bond donors (Lipinski definition) is 1. The predicted molar refractivity (Wildman–Crippen MR) is 140 cm³/mol. The first-order valence-corrected chi connectivity index (χ1v) is 11.9. The summed E-state index contributed by atoms with van der Waals surface area (Å²) in [7, 11) is 0. The van der Waals surface area contributed by atoms with Gasteiger partial charge in [0, 0.05) is 44.0 Å². The van der Waals surface area contributed by atoms with Crippen LogP contribution in [0.1, 0.15) is 5.56 Å². The number of carbonyl (C=O) groups is 1. The van der Waals surface area contributed by atoms with E-state index in [2.05, 4.69) is 9.88 Å². The molecule has 182 valence electrons. The summed E-state index contributed by atoms with van der Waals surface area (Å²) in [6.45, 7) is 2.47. The van der Waals surface area contributed by atoms with Crippen LogP contribution in [0.2, 0.25) is 0 Å². The third-order valence-corrected chi connectivity index (χ3v) is 6.70. The summed E-state index contributed by atoms with van der Waals surface area (Å²) in [6, 6.07) is 21.0. The first-order valence-electron chi connectivity index (χ1n) is 11.5. The zero-order chi connectivity index (χ0) is 25.2. The van der Waals surface area contributed by atoms with Crippen molar-refractivity contribution in [1.82, 2.24) is 14.5 Å². The fourth-order valence-corrected chi connectivity index (χ4v) is 4.74. The number of aromatic nitrogens is 2. The van der Waals surface area contributed by atoms with Gasteiger partial charge in [-0.3, -0.25) is 24.3 Å². The van der Waals surface area contributed by atoms with Crippen LogP contribution in [0.4, 0.5) is 11.4 Å². The van der Waals surface area contributed by atoms with Gasteiger partial charge in [0.15, 0.2) is 4.77 Å². The van der Waals surface area contributed by atoms with Crippen LogP contribution in [0.25, 0.3) is 16.6 Å². The number of piperazine rings is 1. The Morgan fingerprint density at radius 1 is 0.917 bits per heavy atom. The van der Waals surface area contributed by atoms with E-state index in [-0.39, 0.29) is 23.6 Å². The summed E-state index contributed by atoms with van der Waals surface area (Å²) >= 11 is 5.41.